The van der Waals surface area contributed by atoms with Crippen LogP contribution >= 0.6 is 0 Å². The summed E-state index contributed by atoms with van der Waals surface area (Å²) in [5, 5.41) is 6.80. The number of nitrogens with zero attached hydrogens (tertiary/aromatic N) is 2. The quantitative estimate of drug-likeness (QED) is 0.756. The van der Waals surface area contributed by atoms with Crippen LogP contribution in [0.2, 0.25) is 0 Å². The minimum absolute atomic E-state index is 0.0948. The molecule has 1 aliphatic heterocycles. The van der Waals surface area contributed by atoms with Crippen molar-refractivity contribution in [1.29, 1.82) is 0 Å². The van der Waals surface area contributed by atoms with E-state index >= 15 is 0 Å². The molecule has 3 rings (SSSR count). The number of aromatic nitrogens is 1. The molecule has 1 aromatic rings. The molecule has 1 radical (unpaired) electrons. The lowest BCUT2D eigenvalue weighted by molar-refractivity contribution is -0.117. The van der Waals surface area contributed by atoms with Gasteiger partial charge in [-0.25, -0.2) is 10.3 Å². The molecule has 1 aliphatic carbocycles. The number of Topliss-reactive ketones (excluding diaryl/α,β-unsaturated/α-hetero) is 1. The van der Waals surface area contributed by atoms with Crippen molar-refractivity contribution in [2.75, 3.05) is 0 Å². The highest BCUT2D eigenvalue weighted by atomic mass is 16.2. The van der Waals surface area contributed by atoms with Gasteiger partial charge < -0.3 is 5.32 Å². The molecule has 2 aliphatic rings. The van der Waals surface area contributed by atoms with Crippen LogP contribution in [0.25, 0.3) is 0 Å². The van der Waals surface area contributed by atoms with E-state index in [-0.39, 0.29) is 23.3 Å². The van der Waals surface area contributed by atoms with Crippen molar-refractivity contribution in [1.82, 2.24) is 15.6 Å². The molecule has 0 saturated heterocycles. The highest BCUT2D eigenvalue weighted by Gasteiger charge is 2.30. The van der Waals surface area contributed by atoms with Crippen LogP contribution in [0.5, 0.6) is 0 Å². The Morgan fingerprint density at radius 2 is 2.24 bits per heavy atom. The topological polar surface area (TPSA) is 73.2 Å². The third-order valence-electron chi connectivity index (χ3n) is 2.75. The van der Waals surface area contributed by atoms with E-state index in [0.717, 1.165) is 12.8 Å². The molecule has 0 spiro atoms. The number of amides is 1. The maximum Gasteiger partial charge on any atom is 0.257 e. The summed E-state index contributed by atoms with van der Waals surface area (Å²) in [7, 11) is 0. The number of carbonyl (C=O) groups excluding carboxylic acids is 2. The van der Waals surface area contributed by atoms with Gasteiger partial charge in [0.05, 0.1) is 5.56 Å². The molecule has 85 valence electrons. The van der Waals surface area contributed by atoms with Gasteiger partial charge in [0.2, 0.25) is 5.78 Å². The van der Waals surface area contributed by atoms with Crippen LogP contribution in [0, 0.1) is 0 Å². The zero-order chi connectivity index (χ0) is 11.8. The normalized spacial score (nSPS) is 17.9. The van der Waals surface area contributed by atoms with E-state index in [1.807, 2.05) is 0 Å². The molecule has 5 heteroatoms. The largest absolute Gasteiger partial charge is 0.349 e. The van der Waals surface area contributed by atoms with Gasteiger partial charge in [0, 0.05) is 18.4 Å². The molecule has 0 aromatic carbocycles. The first-order chi connectivity index (χ1) is 8.25. The van der Waals surface area contributed by atoms with Gasteiger partial charge in [-0.2, -0.15) is 0 Å². The van der Waals surface area contributed by atoms with Crippen molar-refractivity contribution in [2.24, 2.45) is 0 Å². The Hall–Kier alpha value is -2.17. The molecule has 17 heavy (non-hydrogen) atoms. The van der Waals surface area contributed by atoms with Crippen molar-refractivity contribution in [2.45, 2.75) is 18.9 Å². The van der Waals surface area contributed by atoms with Gasteiger partial charge in [0.1, 0.15) is 5.57 Å². The number of pyridine rings is 1. The average molecular weight is 228 g/mol. The molecule has 1 fully saturated rings. The van der Waals surface area contributed by atoms with E-state index in [1.54, 1.807) is 18.3 Å². The first kappa shape index (κ1) is 10.0. The third kappa shape index (κ3) is 1.80. The van der Waals surface area contributed by atoms with Gasteiger partial charge in [-0.15, -0.1) is 0 Å². The summed E-state index contributed by atoms with van der Waals surface area (Å²) in [6.07, 6.45) is 4.85. The molecular formula is C12H10N3O2. The smallest absolute Gasteiger partial charge is 0.257 e. The molecule has 1 amide bonds. The first-order valence-corrected chi connectivity index (χ1v) is 5.47. The molecule has 1 N–H and O–H groups in total. The van der Waals surface area contributed by atoms with Crippen molar-refractivity contribution in [3.8, 4) is 0 Å². The Balaban J connectivity index is 1.86. The highest BCUT2D eigenvalue weighted by molar-refractivity contribution is 6.27. The molecule has 0 bridgehead atoms. The standard InChI is InChI=1S/C12H10N3O2/c16-10-8-2-1-5-13-11(8)14-6-9(10)12(17)15-7-3-4-7/h1-2,5-7H,3-4H2,(H,15,17). The van der Waals surface area contributed by atoms with Crippen molar-refractivity contribution in [3.63, 3.8) is 0 Å². The third-order valence-corrected chi connectivity index (χ3v) is 2.75. The van der Waals surface area contributed by atoms with Crippen LogP contribution in [-0.4, -0.2) is 22.7 Å². The van der Waals surface area contributed by atoms with Gasteiger partial charge in [-0.05, 0) is 25.0 Å². The number of fused-ring (bicyclic) bond motifs is 1. The van der Waals surface area contributed by atoms with E-state index in [0.29, 0.717) is 11.4 Å². The van der Waals surface area contributed by atoms with E-state index in [1.165, 1.54) is 6.20 Å². The van der Waals surface area contributed by atoms with Crippen LogP contribution < -0.4 is 10.6 Å². The predicted octanol–water partition coefficient (Wildman–Crippen LogP) is 0.676. The lowest BCUT2D eigenvalue weighted by Crippen LogP contribution is -2.32. The number of rotatable bonds is 2. The lowest BCUT2D eigenvalue weighted by Gasteiger charge is -2.13. The summed E-state index contributed by atoms with van der Waals surface area (Å²) in [4.78, 5) is 27.8. The maximum absolute atomic E-state index is 12.0. The summed E-state index contributed by atoms with van der Waals surface area (Å²) in [5.74, 6) is -0.266. The first-order valence-electron chi connectivity index (χ1n) is 5.47. The van der Waals surface area contributed by atoms with Gasteiger partial charge in [0.15, 0.2) is 5.82 Å². The van der Waals surface area contributed by atoms with Crippen LogP contribution in [-0.2, 0) is 4.79 Å². The van der Waals surface area contributed by atoms with Crippen LogP contribution in [0.4, 0.5) is 5.82 Å². The second-order valence-electron chi connectivity index (χ2n) is 4.12. The predicted molar refractivity (Wildman–Crippen MR) is 59.6 cm³/mol. The number of ketones is 1. The van der Waals surface area contributed by atoms with Gasteiger partial charge in [-0.1, -0.05) is 0 Å². The Bertz CT molecular complexity index is 532. The minimum Gasteiger partial charge on any atom is -0.349 e. The fourth-order valence-corrected chi connectivity index (χ4v) is 1.66. The fourth-order valence-electron chi connectivity index (χ4n) is 1.66. The summed E-state index contributed by atoms with van der Waals surface area (Å²) in [6, 6.07) is 3.52. The van der Waals surface area contributed by atoms with Crippen LogP contribution in [0.3, 0.4) is 0 Å². The van der Waals surface area contributed by atoms with Gasteiger partial charge in [-0.3, -0.25) is 9.59 Å². The number of hydrogen-bond donors (Lipinski definition) is 1. The number of nitrogens with one attached hydrogen (secondary N) is 1. The number of carbonyl (C=O) groups is 2. The second-order valence-corrected chi connectivity index (χ2v) is 4.12. The van der Waals surface area contributed by atoms with Crippen LogP contribution in [0.1, 0.15) is 23.2 Å². The van der Waals surface area contributed by atoms with Gasteiger partial charge >= 0.3 is 0 Å². The molecule has 0 atom stereocenters. The molecule has 1 aromatic heterocycles. The van der Waals surface area contributed by atoms with Crippen molar-refractivity contribution in [3.05, 3.63) is 35.7 Å². The van der Waals surface area contributed by atoms with E-state index < -0.39 is 0 Å². The molecule has 1 saturated carbocycles. The highest BCUT2D eigenvalue weighted by Crippen LogP contribution is 2.23. The zero-order valence-corrected chi connectivity index (χ0v) is 9.01. The minimum atomic E-state index is -0.337. The SMILES string of the molecule is O=C(NC1CC1)C1=C[N]c2ncccc2C1=O. The Kier molecular flexibility index (Phi) is 2.18. The average Bonchev–Trinajstić information content (AvgIpc) is 3.13. The maximum atomic E-state index is 12.0. The zero-order valence-electron chi connectivity index (χ0n) is 9.01. The van der Waals surface area contributed by atoms with E-state index in [9.17, 15) is 9.59 Å². The molecule has 5 nitrogen and oxygen atoms in total. The Labute approximate surface area is 97.9 Å². The van der Waals surface area contributed by atoms with E-state index in [2.05, 4.69) is 15.6 Å². The fraction of sp³-hybridized carbons (Fsp3) is 0.250. The summed E-state index contributed by atoms with van der Waals surface area (Å²) in [5.41, 5.74) is 0.480. The van der Waals surface area contributed by atoms with Gasteiger partial charge in [0.25, 0.3) is 5.91 Å². The monoisotopic (exact) mass is 228 g/mol. The summed E-state index contributed by atoms with van der Waals surface area (Å²) >= 11 is 0. The summed E-state index contributed by atoms with van der Waals surface area (Å²) in [6.45, 7) is 0. The lowest BCUT2D eigenvalue weighted by atomic mass is 10.0. The summed E-state index contributed by atoms with van der Waals surface area (Å²) < 4.78 is 0. The van der Waals surface area contributed by atoms with Crippen molar-refractivity contribution >= 4 is 17.5 Å². The molecular weight excluding hydrogens is 218 g/mol. The molecule has 2 heterocycles. The molecule has 0 unspecified atom stereocenters. The van der Waals surface area contributed by atoms with Crippen molar-refractivity contribution < 1.29 is 9.59 Å². The Morgan fingerprint density at radius 3 is 3.00 bits per heavy atom. The number of hydrogen-bond acceptors (Lipinski definition) is 3. The second kappa shape index (κ2) is 3.69. The van der Waals surface area contributed by atoms with Crippen LogP contribution in [0.15, 0.2) is 30.1 Å². The Morgan fingerprint density at radius 1 is 1.41 bits per heavy atom. The van der Waals surface area contributed by atoms with E-state index in [4.69, 9.17) is 0 Å².